The number of rotatable bonds is 3. The molecule has 9 atom stereocenters. The first-order valence-corrected chi connectivity index (χ1v) is 15.8. The van der Waals surface area contributed by atoms with Gasteiger partial charge in [-0.15, -0.1) is 0 Å². The first-order valence-electron chi connectivity index (χ1n) is 15.8. The van der Waals surface area contributed by atoms with Gasteiger partial charge in [-0.25, -0.2) is 4.79 Å². The fourth-order valence-corrected chi connectivity index (χ4v) is 6.52. The number of methoxy groups -OCH3 is 1. The number of hydrogen-bond acceptors (Lipinski definition) is 13. The number of aliphatic hydroxyl groups excluding tert-OH is 2. The maximum absolute atomic E-state index is 12.8. The molecule has 3 saturated heterocycles. The van der Waals surface area contributed by atoms with E-state index in [4.69, 9.17) is 33.2 Å². The van der Waals surface area contributed by atoms with Crippen LogP contribution in [0, 0.1) is 5.41 Å². The highest BCUT2D eigenvalue weighted by molar-refractivity contribution is 5.83. The number of cyclic esters (lactones) is 1. The Bertz CT molecular complexity index is 1180. The van der Waals surface area contributed by atoms with Gasteiger partial charge in [-0.2, -0.15) is 0 Å². The van der Waals surface area contributed by atoms with Crippen molar-refractivity contribution in [1.82, 2.24) is 0 Å². The molecule has 3 N–H and O–H groups in total. The standard InChI is InChI=1S/C33H48O13/c1-19-10-24-14-22(36)15-29(38)44-27(18-34)17-26-12-21(13-28(37)40-5)31(42-20(2)35)33(39,46-26)32(3,4)8-6-30-41-9-7-23(45-30)16-25(11-19)43-24/h6,8,13,22-27,30-31,34,36,39H,1,7,9-12,14-18H2,2-5H3/b8-6+,21-13+/t22-,23+,24+,25-,26+,27-,30+,31+,33-/m1/s1. The molecule has 0 unspecified atom stereocenters. The number of carbonyl (C=O) groups is 3. The Morgan fingerprint density at radius 3 is 2.46 bits per heavy atom. The van der Waals surface area contributed by atoms with Gasteiger partial charge in [0.15, 0.2) is 12.4 Å². The molecule has 0 aromatic rings. The lowest BCUT2D eigenvalue weighted by molar-refractivity contribution is -0.327. The molecule has 0 aromatic heterocycles. The Morgan fingerprint density at radius 2 is 1.78 bits per heavy atom. The average Bonchev–Trinajstić information content (AvgIpc) is 2.96. The minimum Gasteiger partial charge on any atom is -0.466 e. The van der Waals surface area contributed by atoms with E-state index in [0.29, 0.717) is 32.3 Å². The third-order valence-corrected chi connectivity index (χ3v) is 8.84. The van der Waals surface area contributed by atoms with Gasteiger partial charge in [-0.05, 0) is 37.3 Å². The first-order chi connectivity index (χ1) is 21.7. The highest BCUT2D eigenvalue weighted by atomic mass is 16.7. The van der Waals surface area contributed by atoms with E-state index >= 15 is 0 Å². The number of ether oxygens (including phenoxy) is 7. The molecule has 13 nitrogen and oxygen atoms in total. The minimum atomic E-state index is -2.25. The van der Waals surface area contributed by atoms with Gasteiger partial charge in [0.1, 0.15) is 6.10 Å². The lowest BCUT2D eigenvalue weighted by Crippen LogP contribution is -2.62. The summed E-state index contributed by atoms with van der Waals surface area (Å²) >= 11 is 0. The zero-order valence-electron chi connectivity index (χ0n) is 27.1. The second-order valence-corrected chi connectivity index (χ2v) is 13.1. The fourth-order valence-electron chi connectivity index (χ4n) is 6.52. The van der Waals surface area contributed by atoms with Gasteiger partial charge >= 0.3 is 17.9 Å². The Kier molecular flexibility index (Phi) is 12.2. The van der Waals surface area contributed by atoms with Crippen LogP contribution in [-0.4, -0.2) is 108 Å². The van der Waals surface area contributed by atoms with E-state index < -0.39 is 66.4 Å². The summed E-state index contributed by atoms with van der Waals surface area (Å²) < 4.78 is 40.5. The van der Waals surface area contributed by atoms with Crippen LogP contribution >= 0.6 is 0 Å². The van der Waals surface area contributed by atoms with Crippen LogP contribution in [0.15, 0.2) is 36.0 Å². The van der Waals surface area contributed by atoms with Gasteiger partial charge in [-0.1, -0.05) is 32.1 Å². The lowest BCUT2D eigenvalue weighted by Gasteiger charge is -2.50. The van der Waals surface area contributed by atoms with E-state index in [1.165, 1.54) is 14.0 Å². The molecule has 3 fully saturated rings. The van der Waals surface area contributed by atoms with E-state index in [1.807, 2.05) is 0 Å². The molecule has 4 heterocycles. The lowest BCUT2D eigenvalue weighted by atomic mass is 9.74. The van der Waals surface area contributed by atoms with Gasteiger partial charge in [-0.3, -0.25) is 9.59 Å². The molecule has 0 amide bonds. The molecule has 0 aliphatic carbocycles. The van der Waals surface area contributed by atoms with Crippen molar-refractivity contribution in [3.63, 3.8) is 0 Å². The van der Waals surface area contributed by atoms with Crippen LogP contribution in [-0.2, 0) is 47.5 Å². The van der Waals surface area contributed by atoms with Crippen molar-refractivity contribution in [2.75, 3.05) is 20.3 Å². The SMILES string of the molecule is C=C1C[C@@H]2C[C@@H]3CCO[C@H](/C=C/C(C)(C)[C@]4(O)O[C@@H](C/C(=C\C(=O)OC)[C@@H]4OC(C)=O)C[C@H](CO)OC(=O)C[C@H](O)C[C@H](C1)O2)O3. The zero-order chi connectivity index (χ0) is 33.6. The Labute approximate surface area is 269 Å². The smallest absolute Gasteiger partial charge is 0.330 e. The van der Waals surface area contributed by atoms with Crippen molar-refractivity contribution < 1.29 is 62.9 Å². The highest BCUT2D eigenvalue weighted by Gasteiger charge is 2.57. The van der Waals surface area contributed by atoms with E-state index in [0.717, 1.165) is 11.6 Å². The molecule has 46 heavy (non-hydrogen) atoms. The van der Waals surface area contributed by atoms with Crippen molar-refractivity contribution in [1.29, 1.82) is 0 Å². The number of fused-ring (bicyclic) bond motifs is 6. The second-order valence-electron chi connectivity index (χ2n) is 13.1. The molecule has 0 aromatic carbocycles. The van der Waals surface area contributed by atoms with Crippen LogP contribution in [0.1, 0.15) is 72.1 Å². The largest absolute Gasteiger partial charge is 0.466 e. The summed E-state index contributed by atoms with van der Waals surface area (Å²) in [6.07, 6.45) is 0.652. The van der Waals surface area contributed by atoms with Crippen molar-refractivity contribution in [3.8, 4) is 0 Å². The van der Waals surface area contributed by atoms with Gasteiger partial charge in [0.2, 0.25) is 5.79 Å². The molecule has 4 aliphatic heterocycles. The minimum absolute atomic E-state index is 0.0214. The highest BCUT2D eigenvalue weighted by Crippen LogP contribution is 2.46. The van der Waals surface area contributed by atoms with Gasteiger partial charge in [0, 0.05) is 37.7 Å². The Balaban J connectivity index is 1.71. The second kappa shape index (κ2) is 15.5. The molecule has 4 rings (SSSR count). The van der Waals surface area contributed by atoms with Crippen LogP contribution in [0.25, 0.3) is 0 Å². The van der Waals surface area contributed by atoms with Crippen LogP contribution in [0.5, 0.6) is 0 Å². The fraction of sp³-hybridized carbons (Fsp3) is 0.727. The quantitative estimate of drug-likeness (QED) is 0.175. The molecule has 258 valence electrons. The number of hydrogen-bond donors (Lipinski definition) is 3. The molecule has 0 radical (unpaired) electrons. The topological polar surface area (TPSA) is 177 Å². The summed E-state index contributed by atoms with van der Waals surface area (Å²) in [5.41, 5.74) is -0.0956. The van der Waals surface area contributed by atoms with Crippen molar-refractivity contribution in [2.24, 2.45) is 5.41 Å². The first kappa shape index (κ1) is 36.2. The third-order valence-electron chi connectivity index (χ3n) is 8.84. The molecule has 6 bridgehead atoms. The molecule has 4 aliphatic rings. The summed E-state index contributed by atoms with van der Waals surface area (Å²) in [5.74, 6) is -4.44. The summed E-state index contributed by atoms with van der Waals surface area (Å²) in [5, 5.41) is 33.2. The van der Waals surface area contributed by atoms with E-state index in [1.54, 1.807) is 26.0 Å². The molecular formula is C33H48O13. The maximum atomic E-state index is 12.8. The number of carbonyl (C=O) groups excluding carboxylic acids is 3. The monoisotopic (exact) mass is 652 g/mol. The zero-order valence-corrected chi connectivity index (χ0v) is 27.1. The van der Waals surface area contributed by atoms with Crippen LogP contribution in [0.2, 0.25) is 0 Å². The van der Waals surface area contributed by atoms with Gasteiger partial charge in [0.05, 0.1) is 57.3 Å². The number of esters is 3. The Morgan fingerprint density at radius 1 is 1.07 bits per heavy atom. The summed E-state index contributed by atoms with van der Waals surface area (Å²) in [6.45, 7) is 8.51. The van der Waals surface area contributed by atoms with Crippen LogP contribution in [0.4, 0.5) is 0 Å². The van der Waals surface area contributed by atoms with Gasteiger partial charge in [0.25, 0.3) is 0 Å². The predicted molar refractivity (Wildman–Crippen MR) is 161 cm³/mol. The van der Waals surface area contributed by atoms with Crippen molar-refractivity contribution in [3.05, 3.63) is 36.0 Å². The van der Waals surface area contributed by atoms with E-state index in [2.05, 4.69) is 6.58 Å². The summed E-state index contributed by atoms with van der Waals surface area (Å²) in [6, 6.07) is 0. The summed E-state index contributed by atoms with van der Waals surface area (Å²) in [7, 11) is 1.19. The van der Waals surface area contributed by atoms with E-state index in [-0.39, 0.29) is 49.6 Å². The molecule has 0 spiro atoms. The maximum Gasteiger partial charge on any atom is 0.330 e. The third kappa shape index (κ3) is 9.24. The van der Waals surface area contributed by atoms with Crippen molar-refractivity contribution in [2.45, 2.75) is 127 Å². The average molecular weight is 653 g/mol. The molecular weight excluding hydrogens is 604 g/mol. The molecule has 0 saturated carbocycles. The predicted octanol–water partition coefficient (Wildman–Crippen LogP) is 2.15. The van der Waals surface area contributed by atoms with Crippen LogP contribution < -0.4 is 0 Å². The normalized spacial score (nSPS) is 39.1. The van der Waals surface area contributed by atoms with E-state index in [9.17, 15) is 29.7 Å². The van der Waals surface area contributed by atoms with Crippen molar-refractivity contribution >= 4 is 17.9 Å². The summed E-state index contributed by atoms with van der Waals surface area (Å²) in [4.78, 5) is 37.5. The molecule has 13 heteroatoms. The van der Waals surface area contributed by atoms with Gasteiger partial charge < -0.3 is 48.5 Å². The Hall–Kier alpha value is -2.65. The number of aliphatic hydroxyl groups is 3. The van der Waals surface area contributed by atoms with Crippen LogP contribution in [0.3, 0.4) is 0 Å².